The number of carbonyl (C=O) groups is 2. The van der Waals surface area contributed by atoms with E-state index in [-0.39, 0.29) is 24.9 Å². The van der Waals surface area contributed by atoms with Crippen LogP contribution in [-0.4, -0.2) is 29.2 Å². The highest BCUT2D eigenvalue weighted by Gasteiger charge is 2.14. The van der Waals surface area contributed by atoms with Gasteiger partial charge in [-0.1, -0.05) is 49.0 Å². The van der Waals surface area contributed by atoms with Crippen molar-refractivity contribution < 1.29 is 19.1 Å². The molecular formula is C23H22N2O4S2. The molecule has 6 nitrogen and oxygen atoms in total. The first-order valence-electron chi connectivity index (χ1n) is 9.95. The Morgan fingerprint density at radius 2 is 1.87 bits per heavy atom. The van der Waals surface area contributed by atoms with Crippen LogP contribution in [0.4, 0.5) is 0 Å². The maximum absolute atomic E-state index is 12.4. The number of nitrogens with one attached hydrogen (secondary N) is 1. The topological polar surface area (TPSA) is 77.5 Å². The summed E-state index contributed by atoms with van der Waals surface area (Å²) < 4.78 is 11.4. The van der Waals surface area contributed by atoms with Crippen LogP contribution in [-0.2, 0) is 24.2 Å². The van der Waals surface area contributed by atoms with Gasteiger partial charge in [0, 0.05) is 17.5 Å². The van der Waals surface area contributed by atoms with Crippen molar-refractivity contribution in [1.82, 2.24) is 10.3 Å². The van der Waals surface area contributed by atoms with E-state index < -0.39 is 0 Å². The predicted molar refractivity (Wildman–Crippen MR) is 121 cm³/mol. The number of amides is 1. The van der Waals surface area contributed by atoms with E-state index in [1.807, 2.05) is 47.8 Å². The highest BCUT2D eigenvalue weighted by atomic mass is 32.2. The van der Waals surface area contributed by atoms with Gasteiger partial charge in [0.25, 0.3) is 0 Å². The Morgan fingerprint density at radius 3 is 2.68 bits per heavy atom. The largest absolute Gasteiger partial charge is 0.454 e. The van der Waals surface area contributed by atoms with Crippen molar-refractivity contribution in [3.05, 3.63) is 70.2 Å². The molecule has 8 heteroatoms. The number of thiazole rings is 1. The monoisotopic (exact) mass is 454 g/mol. The van der Waals surface area contributed by atoms with Gasteiger partial charge in [-0.3, -0.25) is 9.59 Å². The lowest BCUT2D eigenvalue weighted by atomic mass is 10.1. The summed E-state index contributed by atoms with van der Waals surface area (Å²) in [6, 6.07) is 13.3. The van der Waals surface area contributed by atoms with Gasteiger partial charge < -0.3 is 14.8 Å². The van der Waals surface area contributed by atoms with Crippen LogP contribution in [0, 0.1) is 0 Å². The molecule has 0 saturated carbocycles. The van der Waals surface area contributed by atoms with Gasteiger partial charge in [-0.2, -0.15) is 0 Å². The molecule has 2 aromatic carbocycles. The molecule has 0 atom stereocenters. The molecule has 3 aromatic rings. The van der Waals surface area contributed by atoms with Crippen LogP contribution in [0.2, 0.25) is 0 Å². The number of hydrogen-bond donors (Lipinski definition) is 1. The lowest BCUT2D eigenvalue weighted by molar-refractivity contribution is -0.120. The summed E-state index contributed by atoms with van der Waals surface area (Å²) in [7, 11) is 0. The van der Waals surface area contributed by atoms with Crippen molar-refractivity contribution in [2.45, 2.75) is 30.6 Å². The lowest BCUT2D eigenvalue weighted by Crippen LogP contribution is -2.24. The van der Waals surface area contributed by atoms with E-state index >= 15 is 0 Å². The van der Waals surface area contributed by atoms with Crippen LogP contribution < -0.4 is 14.8 Å². The number of ether oxygens (including phenoxy) is 2. The standard InChI is InChI=1S/C23H22N2O4S2/c1-2-15-3-6-17(7-4-15)19(26)13-31-23-25-18(12-30-23)10-22(27)24-11-16-5-8-20-21(9-16)29-14-28-20/h3-9,12H,2,10-11,13-14H2,1H3,(H,24,27). The number of benzene rings is 2. The van der Waals surface area contributed by atoms with Gasteiger partial charge in [0.05, 0.1) is 17.9 Å². The van der Waals surface area contributed by atoms with Gasteiger partial charge in [0.1, 0.15) is 0 Å². The minimum absolute atomic E-state index is 0.0749. The Balaban J connectivity index is 1.23. The van der Waals surface area contributed by atoms with E-state index in [4.69, 9.17) is 9.47 Å². The maximum atomic E-state index is 12.4. The highest BCUT2D eigenvalue weighted by molar-refractivity contribution is 8.01. The zero-order chi connectivity index (χ0) is 21.6. The van der Waals surface area contributed by atoms with Crippen LogP contribution in [0.1, 0.15) is 34.1 Å². The summed E-state index contributed by atoms with van der Waals surface area (Å²) in [5.74, 6) is 1.72. The van der Waals surface area contributed by atoms with Gasteiger partial charge in [0.15, 0.2) is 21.6 Å². The molecule has 0 fully saturated rings. The van der Waals surface area contributed by atoms with Crippen LogP contribution in [0.25, 0.3) is 0 Å². The third-order valence-electron chi connectivity index (χ3n) is 4.81. The van der Waals surface area contributed by atoms with Gasteiger partial charge in [-0.05, 0) is 29.7 Å². The number of rotatable bonds is 9. The molecule has 160 valence electrons. The number of carbonyl (C=O) groups excluding carboxylic acids is 2. The van der Waals surface area contributed by atoms with E-state index in [0.29, 0.717) is 29.3 Å². The molecule has 1 aromatic heterocycles. The molecule has 0 radical (unpaired) electrons. The summed E-state index contributed by atoms with van der Waals surface area (Å²) in [6.45, 7) is 2.73. The maximum Gasteiger partial charge on any atom is 0.231 e. The smallest absolute Gasteiger partial charge is 0.231 e. The number of Topliss-reactive ketones (excluding diaryl/α,β-unsaturated/α-hetero) is 1. The molecule has 0 spiro atoms. The number of nitrogens with zero attached hydrogens (tertiary/aromatic N) is 1. The summed E-state index contributed by atoms with van der Waals surface area (Å²) in [4.78, 5) is 29.1. The second-order valence-corrected chi connectivity index (χ2v) is 9.09. The van der Waals surface area contributed by atoms with Crippen LogP contribution in [0.15, 0.2) is 52.2 Å². The zero-order valence-corrected chi connectivity index (χ0v) is 18.7. The second kappa shape index (κ2) is 9.98. The molecule has 4 rings (SSSR count). The number of ketones is 1. The van der Waals surface area contributed by atoms with Crippen molar-refractivity contribution in [2.24, 2.45) is 0 Å². The third-order valence-corrected chi connectivity index (χ3v) is 6.88. The fraction of sp³-hybridized carbons (Fsp3) is 0.261. The first kappa shape index (κ1) is 21.4. The minimum Gasteiger partial charge on any atom is -0.454 e. The summed E-state index contributed by atoms with van der Waals surface area (Å²) in [5.41, 5.74) is 3.57. The zero-order valence-electron chi connectivity index (χ0n) is 17.1. The van der Waals surface area contributed by atoms with Gasteiger partial charge in [0.2, 0.25) is 12.7 Å². The highest BCUT2D eigenvalue weighted by Crippen LogP contribution is 2.32. The summed E-state index contributed by atoms with van der Waals surface area (Å²) >= 11 is 2.86. The number of fused-ring (bicyclic) bond motifs is 1. The van der Waals surface area contributed by atoms with E-state index in [0.717, 1.165) is 22.1 Å². The fourth-order valence-corrected chi connectivity index (χ4v) is 4.79. The third kappa shape index (κ3) is 5.65. The van der Waals surface area contributed by atoms with Crippen molar-refractivity contribution in [3.63, 3.8) is 0 Å². The fourth-order valence-electron chi connectivity index (χ4n) is 3.05. The Kier molecular flexibility index (Phi) is 6.89. The van der Waals surface area contributed by atoms with Crippen LogP contribution >= 0.6 is 23.1 Å². The molecule has 0 aliphatic carbocycles. The average molecular weight is 455 g/mol. The Hall–Kier alpha value is -2.84. The molecule has 0 unspecified atom stereocenters. The van der Waals surface area contributed by atoms with Gasteiger partial charge >= 0.3 is 0 Å². The van der Waals surface area contributed by atoms with Crippen molar-refractivity contribution >= 4 is 34.8 Å². The molecule has 0 bridgehead atoms. The molecular weight excluding hydrogens is 432 g/mol. The number of aromatic nitrogens is 1. The number of thioether (sulfide) groups is 1. The summed E-state index contributed by atoms with van der Waals surface area (Å²) in [6.07, 6.45) is 1.16. The van der Waals surface area contributed by atoms with Crippen molar-refractivity contribution in [3.8, 4) is 11.5 Å². The lowest BCUT2D eigenvalue weighted by Gasteiger charge is -2.05. The average Bonchev–Trinajstić information content (AvgIpc) is 3.45. The Morgan fingerprint density at radius 1 is 1.10 bits per heavy atom. The van der Waals surface area contributed by atoms with Crippen molar-refractivity contribution in [1.29, 1.82) is 0 Å². The van der Waals surface area contributed by atoms with Gasteiger partial charge in [-0.15, -0.1) is 11.3 Å². The molecule has 1 aliphatic heterocycles. The summed E-state index contributed by atoms with van der Waals surface area (Å²) in [5, 5.41) is 4.76. The first-order valence-corrected chi connectivity index (χ1v) is 11.8. The quantitative estimate of drug-likeness (QED) is 0.384. The van der Waals surface area contributed by atoms with Crippen molar-refractivity contribution in [2.75, 3.05) is 12.5 Å². The van der Waals surface area contributed by atoms with Crippen LogP contribution in [0.5, 0.6) is 11.5 Å². The van der Waals surface area contributed by atoms with E-state index in [2.05, 4.69) is 17.2 Å². The van der Waals surface area contributed by atoms with E-state index in [1.54, 1.807) is 0 Å². The molecule has 31 heavy (non-hydrogen) atoms. The normalized spacial score (nSPS) is 12.0. The van der Waals surface area contributed by atoms with E-state index in [1.165, 1.54) is 28.7 Å². The molecule has 1 amide bonds. The van der Waals surface area contributed by atoms with Crippen LogP contribution in [0.3, 0.4) is 0 Å². The first-order chi connectivity index (χ1) is 15.1. The Bertz CT molecular complexity index is 1080. The number of aryl methyl sites for hydroxylation is 1. The SMILES string of the molecule is CCc1ccc(C(=O)CSc2nc(CC(=O)NCc3ccc4c(c3)OCO4)cs2)cc1. The van der Waals surface area contributed by atoms with Gasteiger partial charge in [-0.25, -0.2) is 4.98 Å². The number of hydrogen-bond acceptors (Lipinski definition) is 7. The Labute approximate surface area is 189 Å². The predicted octanol–water partition coefficient (Wildman–Crippen LogP) is 4.27. The molecule has 1 N–H and O–H groups in total. The molecule has 2 heterocycles. The van der Waals surface area contributed by atoms with E-state index in [9.17, 15) is 9.59 Å². The minimum atomic E-state index is -0.105. The molecule has 0 saturated heterocycles. The molecule has 1 aliphatic rings. The second-order valence-electron chi connectivity index (χ2n) is 7.01.